The predicted octanol–water partition coefficient (Wildman–Crippen LogP) is 6.73. The quantitative estimate of drug-likeness (QED) is 0.155. The Bertz CT molecular complexity index is 2190. The fourth-order valence-electron chi connectivity index (χ4n) is 8.77. The minimum Gasteiger partial charge on any atom is -0.504 e. The molecule has 1 aromatic heterocycles. The van der Waals surface area contributed by atoms with Gasteiger partial charge < -0.3 is 14.9 Å². The van der Waals surface area contributed by atoms with Crippen LogP contribution in [0.5, 0.6) is 11.5 Å². The molecule has 4 aliphatic rings. The minimum absolute atomic E-state index is 0.0211. The van der Waals surface area contributed by atoms with Crippen molar-refractivity contribution in [3.8, 4) is 11.5 Å². The molecule has 1 saturated carbocycles. The van der Waals surface area contributed by atoms with Crippen molar-refractivity contribution in [2.24, 2.45) is 23.7 Å². The predicted molar refractivity (Wildman–Crippen MR) is 193 cm³/mol. The minimum atomic E-state index is -4.78. The number of nitrogens with zero attached hydrogens (tertiary/aromatic N) is 3. The summed E-state index contributed by atoms with van der Waals surface area (Å²) in [5.74, 6) is -9.74. The van der Waals surface area contributed by atoms with Crippen molar-refractivity contribution in [3.05, 3.63) is 91.5 Å². The number of carboxylic acid groups (broad SMARTS) is 1. The number of imide groups is 2. The highest BCUT2D eigenvalue weighted by Crippen LogP contribution is 2.65. The second-order valence-corrected chi connectivity index (χ2v) is 15.5. The molecule has 0 radical (unpaired) electrons. The molecule has 7 rings (SSSR count). The number of aliphatic carboxylic acids is 1. The molecule has 0 spiro atoms. The highest BCUT2D eigenvalue weighted by Gasteiger charge is 2.70. The molecule has 0 bridgehead atoms. The summed E-state index contributed by atoms with van der Waals surface area (Å²) in [6.45, 7) is -0.125. The fourth-order valence-corrected chi connectivity index (χ4v) is 9.56. The van der Waals surface area contributed by atoms with E-state index >= 15 is 4.79 Å². The van der Waals surface area contributed by atoms with Gasteiger partial charge in [-0.1, -0.05) is 62.9 Å². The van der Waals surface area contributed by atoms with Crippen molar-refractivity contribution in [1.82, 2.24) is 14.9 Å². The number of nitrogens with one attached hydrogen (secondary N) is 1. The van der Waals surface area contributed by atoms with Gasteiger partial charge in [0.05, 0.1) is 40.9 Å². The van der Waals surface area contributed by atoms with Crippen molar-refractivity contribution in [2.75, 3.05) is 19.1 Å². The largest absolute Gasteiger partial charge is 0.504 e. The molecule has 2 saturated heterocycles. The first-order valence-electron chi connectivity index (χ1n) is 17.0. The van der Waals surface area contributed by atoms with Gasteiger partial charge in [-0.05, 0) is 61.1 Å². The highest BCUT2D eigenvalue weighted by molar-refractivity contribution is 9.10. The Morgan fingerprint density at radius 2 is 1.78 bits per heavy atom. The number of alkyl halides is 3. The second-order valence-electron chi connectivity index (χ2n) is 13.8. The molecule has 3 fully saturated rings. The molecule has 55 heavy (non-hydrogen) atoms. The standard InChI is InChI=1S/C37H30BrCl2F3N4O8/c1-55-26-13-18(38)12-23(30(26)50)29-20-8-9-21-28(34(53)46(32(21)51)10-2-3-27(48)49)22(20)14-24-33(52)47(35(54)36(24,29)16-4-6-19(39)7-5-16)45-31-25(40)11-17(15-44-31)37(41,42)43/h4-8,11-13,15,21-22,24,28-29,50H,2-3,9-10,14H2,1H3,(H,44,45)(H,48,49)/t21-,22+,24-,28-,29+,36+/m0/s1. The molecule has 4 amide bonds. The number of benzene rings is 2. The molecule has 2 aliphatic heterocycles. The maximum absolute atomic E-state index is 15.3. The van der Waals surface area contributed by atoms with Crippen LogP contribution in [0.15, 0.2) is 64.8 Å². The van der Waals surface area contributed by atoms with Gasteiger partial charge in [0, 0.05) is 40.1 Å². The summed E-state index contributed by atoms with van der Waals surface area (Å²) in [7, 11) is 1.33. The van der Waals surface area contributed by atoms with Crippen molar-refractivity contribution < 1.29 is 52.1 Å². The number of hydrazine groups is 1. The fraction of sp³-hybridized carbons (Fsp3) is 0.351. The summed E-state index contributed by atoms with van der Waals surface area (Å²) in [4.78, 5) is 74.0. The van der Waals surface area contributed by atoms with Crippen LogP contribution in [0.1, 0.15) is 48.3 Å². The molecule has 2 aliphatic carbocycles. The number of hydrogen-bond acceptors (Lipinski definition) is 9. The van der Waals surface area contributed by atoms with E-state index in [2.05, 4.69) is 26.3 Å². The van der Waals surface area contributed by atoms with Gasteiger partial charge in [0.25, 0.3) is 11.8 Å². The van der Waals surface area contributed by atoms with Crippen molar-refractivity contribution >= 4 is 74.5 Å². The molecule has 0 unspecified atom stereocenters. The molecular weight excluding hydrogens is 836 g/mol. The Morgan fingerprint density at radius 1 is 1.07 bits per heavy atom. The number of amides is 4. The van der Waals surface area contributed by atoms with Gasteiger partial charge >= 0.3 is 12.1 Å². The smallest absolute Gasteiger partial charge is 0.417 e. The number of aromatic nitrogens is 1. The van der Waals surface area contributed by atoms with E-state index in [1.165, 1.54) is 25.3 Å². The molecule has 6 atom stereocenters. The summed E-state index contributed by atoms with van der Waals surface area (Å²) in [5, 5.41) is 21.4. The maximum atomic E-state index is 15.3. The molecular formula is C37H30BrCl2F3N4O8. The third-order valence-corrected chi connectivity index (χ3v) is 12.0. The lowest BCUT2D eigenvalue weighted by Gasteiger charge is -2.50. The number of phenolic OH excluding ortho intramolecular Hbond substituents is 1. The van der Waals surface area contributed by atoms with Gasteiger partial charge in [-0.3, -0.25) is 34.3 Å². The number of phenols is 1. The summed E-state index contributed by atoms with van der Waals surface area (Å²) in [6, 6.07) is 9.83. The molecule has 3 aromatic rings. The number of carboxylic acids is 1. The van der Waals surface area contributed by atoms with Crippen LogP contribution < -0.4 is 10.2 Å². The lowest BCUT2D eigenvalue weighted by Crippen LogP contribution is -2.53. The number of fused-ring (bicyclic) bond motifs is 4. The van der Waals surface area contributed by atoms with Gasteiger partial charge in [-0.2, -0.15) is 18.2 Å². The van der Waals surface area contributed by atoms with Gasteiger partial charge in [0.2, 0.25) is 11.8 Å². The summed E-state index contributed by atoms with van der Waals surface area (Å²) >= 11 is 16.0. The van der Waals surface area contributed by atoms with Crippen molar-refractivity contribution in [1.29, 1.82) is 0 Å². The van der Waals surface area contributed by atoms with E-state index in [1.54, 1.807) is 24.3 Å². The van der Waals surface area contributed by atoms with E-state index < -0.39 is 87.2 Å². The number of carbonyl (C=O) groups excluding carboxylic acids is 4. The zero-order chi connectivity index (χ0) is 39.7. The summed E-state index contributed by atoms with van der Waals surface area (Å²) in [6.07, 6.45) is -2.84. The number of likely N-dealkylation sites (tertiary alicyclic amines) is 1. The number of aromatic hydroxyl groups is 1. The SMILES string of the molecule is COc1cc(Br)cc([C@H]2C3=CC[C@@H]4C(=O)N(CCCC(=O)O)C(=O)[C@@H]4[C@@H]3C[C@H]3C(=O)N(Nc4ncc(C(F)(F)F)cc4Cl)C(=O)[C@@]23c2ccc(Cl)cc2)c1O. The zero-order valence-electron chi connectivity index (χ0n) is 28.6. The van der Waals surface area contributed by atoms with Crippen LogP contribution in [-0.2, 0) is 35.6 Å². The van der Waals surface area contributed by atoms with Crippen LogP contribution in [0.2, 0.25) is 10.0 Å². The first-order valence-corrected chi connectivity index (χ1v) is 18.5. The number of halogens is 6. The Balaban J connectivity index is 1.43. The average Bonchev–Trinajstić information content (AvgIpc) is 3.50. The first kappa shape index (κ1) is 38.6. The van der Waals surface area contributed by atoms with Crippen LogP contribution in [-0.4, -0.2) is 68.4 Å². The maximum Gasteiger partial charge on any atom is 0.417 e. The van der Waals surface area contributed by atoms with E-state index in [0.29, 0.717) is 37.9 Å². The monoisotopic (exact) mass is 864 g/mol. The number of carbonyl (C=O) groups is 5. The van der Waals surface area contributed by atoms with E-state index in [1.807, 2.05) is 0 Å². The number of anilines is 1. The molecule has 3 N–H and O–H groups in total. The van der Waals surface area contributed by atoms with Crippen LogP contribution in [0.3, 0.4) is 0 Å². The summed E-state index contributed by atoms with van der Waals surface area (Å²) in [5.41, 5.74) is 0.436. The lowest BCUT2D eigenvalue weighted by atomic mass is 9.49. The zero-order valence-corrected chi connectivity index (χ0v) is 31.7. The molecule has 3 heterocycles. The first-order chi connectivity index (χ1) is 26.0. The third-order valence-electron chi connectivity index (χ3n) is 11.0. The van der Waals surface area contributed by atoms with Crippen molar-refractivity contribution in [3.63, 3.8) is 0 Å². The van der Waals surface area contributed by atoms with Crippen LogP contribution in [0.25, 0.3) is 0 Å². The highest BCUT2D eigenvalue weighted by atomic mass is 79.9. The number of methoxy groups -OCH3 is 1. The van der Waals surface area contributed by atoms with Crippen LogP contribution in [0.4, 0.5) is 19.0 Å². The topological polar surface area (TPSA) is 166 Å². The van der Waals surface area contributed by atoms with E-state index in [4.69, 9.17) is 27.9 Å². The van der Waals surface area contributed by atoms with Crippen molar-refractivity contribution in [2.45, 2.75) is 43.2 Å². The van der Waals surface area contributed by atoms with E-state index in [-0.39, 0.29) is 49.3 Å². The second kappa shape index (κ2) is 14.1. The lowest BCUT2D eigenvalue weighted by molar-refractivity contribution is -0.142. The molecule has 288 valence electrons. The molecule has 12 nitrogen and oxygen atoms in total. The normalized spacial score (nSPS) is 26.1. The average molecular weight is 866 g/mol. The Hall–Kier alpha value is -4.67. The Labute approximate surface area is 329 Å². The van der Waals surface area contributed by atoms with Crippen LogP contribution in [0, 0.1) is 23.7 Å². The molecule has 2 aromatic carbocycles. The Kier molecular flexibility index (Phi) is 9.91. The number of allylic oxidation sites excluding steroid dienone is 2. The molecule has 18 heteroatoms. The van der Waals surface area contributed by atoms with E-state index in [9.17, 15) is 42.6 Å². The third kappa shape index (κ3) is 6.22. The van der Waals surface area contributed by atoms with Gasteiger partial charge in [0.1, 0.15) is 0 Å². The van der Waals surface area contributed by atoms with Gasteiger partial charge in [-0.25, -0.2) is 4.98 Å². The van der Waals surface area contributed by atoms with Gasteiger partial charge in [-0.15, -0.1) is 0 Å². The Morgan fingerprint density at radius 3 is 2.42 bits per heavy atom. The van der Waals surface area contributed by atoms with Gasteiger partial charge in [0.15, 0.2) is 17.3 Å². The number of pyridine rings is 1. The number of rotatable bonds is 9. The number of hydrogen-bond donors (Lipinski definition) is 3. The van der Waals surface area contributed by atoms with E-state index in [0.717, 1.165) is 4.90 Å². The van der Waals surface area contributed by atoms with Crippen LogP contribution >= 0.6 is 39.1 Å². The number of ether oxygens (including phenoxy) is 1. The summed E-state index contributed by atoms with van der Waals surface area (Å²) < 4.78 is 46.3.